The van der Waals surface area contributed by atoms with Crippen molar-refractivity contribution in [2.24, 2.45) is 5.41 Å². The van der Waals surface area contributed by atoms with Crippen LogP contribution in [0.1, 0.15) is 26.7 Å². The quantitative estimate of drug-likeness (QED) is 0.782. The molecule has 0 bridgehead atoms. The molecule has 1 amide bonds. The number of hydrogen-bond acceptors (Lipinski definition) is 2. The Bertz CT molecular complexity index is 319. The predicted molar refractivity (Wildman–Crippen MR) is 52.2 cm³/mol. The molecule has 0 unspecified atom stereocenters. The summed E-state index contributed by atoms with van der Waals surface area (Å²) in [7, 11) is 0. The van der Waals surface area contributed by atoms with Gasteiger partial charge < -0.3 is 10.0 Å². The molecule has 0 aliphatic heterocycles. The predicted octanol–water partition coefficient (Wildman–Crippen LogP) is 1.35. The second-order valence-corrected chi connectivity index (χ2v) is 4.24. The first-order chi connectivity index (χ1) is 7.24. The third kappa shape index (κ3) is 2.15. The second-order valence-electron chi connectivity index (χ2n) is 4.24. The molecule has 0 saturated heterocycles. The number of carbonyl (C=O) groups is 2. The maximum Gasteiger partial charge on any atom is 0.305 e. The van der Waals surface area contributed by atoms with Crippen molar-refractivity contribution in [3.05, 3.63) is 0 Å². The highest BCUT2D eigenvalue weighted by molar-refractivity contribution is 5.87. The fourth-order valence-corrected chi connectivity index (χ4v) is 1.61. The Kier molecular flexibility index (Phi) is 3.21. The van der Waals surface area contributed by atoms with Gasteiger partial charge in [-0.15, -0.1) is 0 Å². The smallest absolute Gasteiger partial charge is 0.305 e. The maximum atomic E-state index is 13.0. The molecule has 0 aromatic rings. The van der Waals surface area contributed by atoms with Crippen molar-refractivity contribution in [1.29, 1.82) is 0 Å². The van der Waals surface area contributed by atoms with Crippen molar-refractivity contribution in [3.63, 3.8) is 0 Å². The highest BCUT2D eigenvalue weighted by Crippen LogP contribution is 2.61. The molecule has 92 valence electrons. The van der Waals surface area contributed by atoms with E-state index in [2.05, 4.69) is 0 Å². The lowest BCUT2D eigenvalue weighted by Crippen LogP contribution is -2.39. The second kappa shape index (κ2) is 3.99. The zero-order valence-corrected chi connectivity index (χ0v) is 9.30. The van der Waals surface area contributed by atoms with E-state index in [0.29, 0.717) is 0 Å². The average Bonchev–Trinajstić information content (AvgIpc) is 2.67. The molecule has 0 radical (unpaired) electrons. The number of halogens is 2. The minimum atomic E-state index is -2.94. The summed E-state index contributed by atoms with van der Waals surface area (Å²) < 4.78 is 25.9. The number of alkyl halides is 2. The van der Waals surface area contributed by atoms with E-state index in [0.717, 1.165) is 0 Å². The highest BCUT2D eigenvalue weighted by Gasteiger charge is 2.73. The van der Waals surface area contributed by atoms with Gasteiger partial charge in [0.15, 0.2) is 0 Å². The minimum Gasteiger partial charge on any atom is -0.481 e. The zero-order chi connectivity index (χ0) is 12.6. The van der Waals surface area contributed by atoms with Crippen LogP contribution in [0.4, 0.5) is 8.78 Å². The molecule has 4 nitrogen and oxygen atoms in total. The largest absolute Gasteiger partial charge is 0.481 e. The molecular weight excluding hydrogens is 220 g/mol. The number of aliphatic carboxylic acids is 1. The third-order valence-electron chi connectivity index (χ3n) is 2.99. The Balaban J connectivity index is 2.61. The van der Waals surface area contributed by atoms with Crippen LogP contribution >= 0.6 is 0 Å². The van der Waals surface area contributed by atoms with E-state index >= 15 is 0 Å². The summed E-state index contributed by atoms with van der Waals surface area (Å²) in [5.74, 6) is -4.64. The van der Waals surface area contributed by atoms with Crippen molar-refractivity contribution >= 4 is 11.9 Å². The van der Waals surface area contributed by atoms with Crippen LogP contribution in [-0.2, 0) is 9.59 Å². The van der Waals surface area contributed by atoms with E-state index in [1.54, 1.807) is 6.92 Å². The van der Waals surface area contributed by atoms with Crippen LogP contribution in [0.15, 0.2) is 0 Å². The van der Waals surface area contributed by atoms with Gasteiger partial charge in [0.2, 0.25) is 5.91 Å². The molecule has 6 heteroatoms. The van der Waals surface area contributed by atoms with Crippen LogP contribution in [0.5, 0.6) is 0 Å². The van der Waals surface area contributed by atoms with E-state index < -0.39 is 29.6 Å². The first-order valence-electron chi connectivity index (χ1n) is 5.13. The van der Waals surface area contributed by atoms with Crippen LogP contribution in [0.2, 0.25) is 0 Å². The van der Waals surface area contributed by atoms with Gasteiger partial charge in [0, 0.05) is 19.5 Å². The van der Waals surface area contributed by atoms with Crippen molar-refractivity contribution in [1.82, 2.24) is 4.90 Å². The molecule has 0 spiro atoms. The Morgan fingerprint density at radius 2 is 1.94 bits per heavy atom. The van der Waals surface area contributed by atoms with Crippen LogP contribution in [-0.4, -0.2) is 40.9 Å². The number of hydrogen-bond donors (Lipinski definition) is 1. The molecule has 1 fully saturated rings. The van der Waals surface area contributed by atoms with E-state index in [1.807, 2.05) is 0 Å². The molecule has 1 aliphatic carbocycles. The molecule has 1 rings (SSSR count). The van der Waals surface area contributed by atoms with Crippen molar-refractivity contribution in [2.75, 3.05) is 13.1 Å². The Morgan fingerprint density at radius 3 is 2.25 bits per heavy atom. The number of amides is 1. The Hall–Kier alpha value is -1.20. The third-order valence-corrected chi connectivity index (χ3v) is 2.99. The van der Waals surface area contributed by atoms with Gasteiger partial charge in [-0.05, 0) is 13.8 Å². The van der Waals surface area contributed by atoms with Crippen molar-refractivity contribution in [3.8, 4) is 0 Å². The van der Waals surface area contributed by atoms with Gasteiger partial charge >= 0.3 is 5.97 Å². The highest BCUT2D eigenvalue weighted by atomic mass is 19.3. The van der Waals surface area contributed by atoms with Crippen molar-refractivity contribution < 1.29 is 23.5 Å². The molecule has 1 N–H and O–H groups in total. The molecule has 0 aromatic heterocycles. The first kappa shape index (κ1) is 12.9. The first-order valence-corrected chi connectivity index (χ1v) is 5.13. The van der Waals surface area contributed by atoms with Gasteiger partial charge in [0.1, 0.15) is 5.41 Å². The van der Waals surface area contributed by atoms with Crippen molar-refractivity contribution in [2.45, 2.75) is 32.6 Å². The summed E-state index contributed by atoms with van der Waals surface area (Å²) in [4.78, 5) is 23.3. The van der Waals surface area contributed by atoms with Crippen LogP contribution in [0.3, 0.4) is 0 Å². The van der Waals surface area contributed by atoms with Crippen LogP contribution in [0, 0.1) is 5.41 Å². The van der Waals surface area contributed by atoms with Gasteiger partial charge in [-0.2, -0.15) is 0 Å². The zero-order valence-electron chi connectivity index (χ0n) is 9.30. The lowest BCUT2D eigenvalue weighted by atomic mass is 10.1. The van der Waals surface area contributed by atoms with E-state index in [4.69, 9.17) is 5.11 Å². The number of carboxylic acid groups (broad SMARTS) is 1. The molecule has 1 atom stereocenters. The SMILES string of the molecule is CCN(CCC(=O)O)C(=O)[C@]1(C)CC1(F)F. The Labute approximate surface area is 92.2 Å². The van der Waals surface area contributed by atoms with E-state index in [9.17, 15) is 18.4 Å². The summed E-state index contributed by atoms with van der Waals surface area (Å²) >= 11 is 0. The van der Waals surface area contributed by atoms with E-state index in [1.165, 1.54) is 11.8 Å². The molecule has 0 aromatic carbocycles. The summed E-state index contributed by atoms with van der Waals surface area (Å²) in [5.41, 5.74) is -1.62. The number of carboxylic acids is 1. The number of carbonyl (C=O) groups excluding carboxylic acids is 1. The van der Waals surface area contributed by atoms with Gasteiger partial charge in [0.05, 0.1) is 6.42 Å². The van der Waals surface area contributed by atoms with Gasteiger partial charge in [-0.1, -0.05) is 0 Å². The lowest BCUT2D eigenvalue weighted by Gasteiger charge is -2.23. The molecule has 0 heterocycles. The minimum absolute atomic E-state index is 0.0175. The van der Waals surface area contributed by atoms with Gasteiger partial charge in [-0.3, -0.25) is 9.59 Å². The normalized spacial score (nSPS) is 26.2. The number of nitrogens with zero attached hydrogens (tertiary/aromatic N) is 1. The van der Waals surface area contributed by atoms with Gasteiger partial charge in [-0.25, -0.2) is 8.78 Å². The standard InChI is InChI=1S/C10H15F2NO3/c1-3-13(5-4-7(14)15)8(16)9(2)6-10(9,11)12/h3-6H2,1-2H3,(H,14,15)/t9-/m0/s1. The topological polar surface area (TPSA) is 57.6 Å². The summed E-state index contributed by atoms with van der Waals surface area (Å²) in [6.45, 7) is 3.09. The van der Waals surface area contributed by atoms with Crippen LogP contribution < -0.4 is 0 Å². The summed E-state index contributed by atoms with van der Waals surface area (Å²) in [6.07, 6.45) is -0.663. The monoisotopic (exact) mass is 235 g/mol. The van der Waals surface area contributed by atoms with E-state index in [-0.39, 0.29) is 19.5 Å². The fourth-order valence-electron chi connectivity index (χ4n) is 1.61. The van der Waals surface area contributed by atoms with Crippen LogP contribution in [0.25, 0.3) is 0 Å². The average molecular weight is 235 g/mol. The number of rotatable bonds is 5. The van der Waals surface area contributed by atoms with Gasteiger partial charge in [0.25, 0.3) is 5.92 Å². The molecule has 1 aliphatic rings. The lowest BCUT2D eigenvalue weighted by molar-refractivity contribution is -0.142. The summed E-state index contributed by atoms with van der Waals surface area (Å²) in [5, 5.41) is 8.47. The molecule has 1 saturated carbocycles. The maximum absolute atomic E-state index is 13.0. The molecule has 16 heavy (non-hydrogen) atoms. The fraction of sp³-hybridized carbons (Fsp3) is 0.800. The molecular formula is C10H15F2NO3. The Morgan fingerprint density at radius 1 is 1.44 bits per heavy atom. The summed E-state index contributed by atoms with van der Waals surface area (Å²) in [6, 6.07) is 0.